The number of hydrogen-bond acceptors (Lipinski definition) is 3. The van der Waals surface area contributed by atoms with E-state index in [-0.39, 0.29) is 0 Å². The highest BCUT2D eigenvalue weighted by Gasteiger charge is 2.01. The van der Waals surface area contributed by atoms with Crippen LogP contribution in [0, 0.1) is 0 Å². The lowest BCUT2D eigenvalue weighted by molar-refractivity contribution is 0.123. The van der Waals surface area contributed by atoms with E-state index in [2.05, 4.69) is 20.9 Å². The molecule has 0 radical (unpaired) electrons. The number of methoxy groups -OCH3 is 1. The maximum atomic E-state index is 5.65. The molecule has 0 unspecified atom stereocenters. The lowest BCUT2D eigenvalue weighted by atomic mass is 10.2. The number of hydrogen-bond donors (Lipinski definition) is 0. The third-order valence-electron chi connectivity index (χ3n) is 2.71. The van der Waals surface area contributed by atoms with E-state index < -0.39 is 0 Å². The molecule has 0 saturated heterocycles. The Kier molecular flexibility index (Phi) is 5.36. The van der Waals surface area contributed by atoms with E-state index in [0.29, 0.717) is 13.2 Å². The highest BCUT2D eigenvalue weighted by Crippen LogP contribution is 2.25. The predicted octanol–water partition coefficient (Wildman–Crippen LogP) is 3.61. The quantitative estimate of drug-likeness (QED) is 0.761. The van der Waals surface area contributed by atoms with Crippen LogP contribution in [0.15, 0.2) is 47.1 Å². The largest absolute Gasteiger partial charge is 0.496 e. The summed E-state index contributed by atoms with van der Waals surface area (Å²) < 4.78 is 11.8. The maximum Gasteiger partial charge on any atom is 0.133 e. The summed E-state index contributed by atoms with van der Waals surface area (Å²) in [5, 5.41) is 0. The summed E-state index contributed by atoms with van der Waals surface area (Å²) in [7, 11) is 1.66. The highest BCUT2D eigenvalue weighted by atomic mass is 79.9. The van der Waals surface area contributed by atoms with Gasteiger partial charge in [-0.2, -0.15) is 0 Å². The number of nitrogens with zero attached hydrogens (tertiary/aromatic N) is 1. The van der Waals surface area contributed by atoms with E-state index in [1.54, 1.807) is 13.3 Å². The van der Waals surface area contributed by atoms with Crippen LogP contribution in [0.3, 0.4) is 0 Å². The predicted molar refractivity (Wildman–Crippen MR) is 78.3 cm³/mol. The van der Waals surface area contributed by atoms with Crippen molar-refractivity contribution in [3.8, 4) is 5.75 Å². The van der Waals surface area contributed by atoms with Crippen LogP contribution < -0.4 is 4.74 Å². The van der Waals surface area contributed by atoms with Gasteiger partial charge >= 0.3 is 0 Å². The van der Waals surface area contributed by atoms with Crippen molar-refractivity contribution in [2.75, 3.05) is 13.7 Å². The van der Waals surface area contributed by atoms with E-state index >= 15 is 0 Å². The second-order valence-corrected chi connectivity index (χ2v) is 4.95. The summed E-state index contributed by atoms with van der Waals surface area (Å²) >= 11 is 3.46. The van der Waals surface area contributed by atoms with Gasteiger partial charge in [-0.15, -0.1) is 0 Å². The van der Waals surface area contributed by atoms with E-state index in [0.717, 1.165) is 27.9 Å². The van der Waals surface area contributed by atoms with Gasteiger partial charge in [-0.05, 0) is 45.8 Å². The molecule has 0 fully saturated rings. The van der Waals surface area contributed by atoms with Crippen molar-refractivity contribution in [3.63, 3.8) is 0 Å². The van der Waals surface area contributed by atoms with Gasteiger partial charge in [0, 0.05) is 18.3 Å². The van der Waals surface area contributed by atoms with Crippen molar-refractivity contribution in [3.05, 3.63) is 58.3 Å². The third kappa shape index (κ3) is 4.33. The van der Waals surface area contributed by atoms with Crippen molar-refractivity contribution in [1.82, 2.24) is 4.98 Å². The van der Waals surface area contributed by atoms with Crippen LogP contribution in [0.2, 0.25) is 0 Å². The lowest BCUT2D eigenvalue weighted by Gasteiger charge is -2.07. The van der Waals surface area contributed by atoms with Crippen LogP contribution in [-0.4, -0.2) is 18.7 Å². The second-order valence-electron chi connectivity index (χ2n) is 4.09. The fourth-order valence-electron chi connectivity index (χ4n) is 1.71. The van der Waals surface area contributed by atoms with Crippen molar-refractivity contribution in [2.45, 2.75) is 13.0 Å². The van der Waals surface area contributed by atoms with Gasteiger partial charge in [0.25, 0.3) is 0 Å². The molecular formula is C15H16BrNO2. The van der Waals surface area contributed by atoms with Crippen LogP contribution in [0.4, 0.5) is 0 Å². The van der Waals surface area contributed by atoms with Crippen LogP contribution in [0.25, 0.3) is 0 Å². The molecule has 0 aliphatic heterocycles. The van der Waals surface area contributed by atoms with Gasteiger partial charge in [-0.3, -0.25) is 4.98 Å². The molecule has 19 heavy (non-hydrogen) atoms. The fraction of sp³-hybridized carbons (Fsp3) is 0.267. The van der Waals surface area contributed by atoms with Crippen LogP contribution in [0.1, 0.15) is 11.3 Å². The Morgan fingerprint density at radius 1 is 1.21 bits per heavy atom. The third-order valence-corrected chi connectivity index (χ3v) is 3.33. The molecule has 0 aliphatic rings. The Hall–Kier alpha value is -1.39. The van der Waals surface area contributed by atoms with Crippen LogP contribution in [0.5, 0.6) is 5.75 Å². The molecule has 1 heterocycles. The average Bonchev–Trinajstić information content (AvgIpc) is 2.45. The fourth-order valence-corrected chi connectivity index (χ4v) is 2.30. The van der Waals surface area contributed by atoms with E-state index in [1.165, 1.54) is 0 Å². The minimum absolute atomic E-state index is 0.593. The average molecular weight is 322 g/mol. The first-order valence-electron chi connectivity index (χ1n) is 6.09. The highest BCUT2D eigenvalue weighted by molar-refractivity contribution is 9.10. The monoisotopic (exact) mass is 321 g/mol. The van der Waals surface area contributed by atoms with Crippen LogP contribution >= 0.6 is 15.9 Å². The number of pyridine rings is 1. The minimum atomic E-state index is 0.593. The topological polar surface area (TPSA) is 31.4 Å². The van der Waals surface area contributed by atoms with Crippen molar-refractivity contribution in [2.24, 2.45) is 0 Å². The zero-order valence-electron chi connectivity index (χ0n) is 10.8. The molecule has 0 spiro atoms. The van der Waals surface area contributed by atoms with Gasteiger partial charge in [0.15, 0.2) is 0 Å². The molecule has 3 nitrogen and oxygen atoms in total. The molecule has 0 N–H and O–H groups in total. The minimum Gasteiger partial charge on any atom is -0.496 e. The number of aromatic nitrogens is 1. The van der Waals surface area contributed by atoms with Crippen LogP contribution in [-0.2, 0) is 17.8 Å². The van der Waals surface area contributed by atoms with Gasteiger partial charge in [0.05, 0.1) is 24.8 Å². The van der Waals surface area contributed by atoms with Gasteiger partial charge in [-0.25, -0.2) is 0 Å². The molecule has 0 amide bonds. The Morgan fingerprint density at radius 2 is 2.11 bits per heavy atom. The van der Waals surface area contributed by atoms with Crippen molar-refractivity contribution < 1.29 is 9.47 Å². The maximum absolute atomic E-state index is 5.65. The Bertz CT molecular complexity index is 517. The van der Waals surface area contributed by atoms with Gasteiger partial charge < -0.3 is 9.47 Å². The van der Waals surface area contributed by atoms with Gasteiger partial charge in [-0.1, -0.05) is 12.1 Å². The first kappa shape index (κ1) is 14.0. The smallest absolute Gasteiger partial charge is 0.133 e. The SMILES string of the molecule is COc1ccc(COCCc2ccccn2)cc1Br. The first-order chi connectivity index (χ1) is 9.29. The molecule has 0 saturated carbocycles. The molecule has 1 aromatic carbocycles. The summed E-state index contributed by atoms with van der Waals surface area (Å²) in [4.78, 5) is 4.26. The van der Waals surface area contributed by atoms with E-state index in [4.69, 9.17) is 9.47 Å². The molecule has 2 rings (SSSR count). The summed E-state index contributed by atoms with van der Waals surface area (Å²) in [6, 6.07) is 11.9. The van der Waals surface area contributed by atoms with Gasteiger partial charge in [0.2, 0.25) is 0 Å². The normalized spacial score (nSPS) is 10.4. The summed E-state index contributed by atoms with van der Waals surface area (Å²) in [6.45, 7) is 1.26. The first-order valence-corrected chi connectivity index (χ1v) is 6.89. The second kappa shape index (κ2) is 7.26. The number of rotatable bonds is 6. The molecule has 0 aliphatic carbocycles. The summed E-state index contributed by atoms with van der Waals surface area (Å²) in [5.74, 6) is 0.831. The zero-order chi connectivity index (χ0) is 13.5. The number of halogens is 1. The molecule has 100 valence electrons. The van der Waals surface area contributed by atoms with E-state index in [1.807, 2.05) is 36.4 Å². The number of benzene rings is 1. The summed E-state index contributed by atoms with van der Waals surface area (Å²) in [5.41, 5.74) is 2.17. The molecule has 1 aromatic heterocycles. The molecule has 2 aromatic rings. The summed E-state index contributed by atoms with van der Waals surface area (Å²) in [6.07, 6.45) is 2.63. The Labute approximate surface area is 121 Å². The number of ether oxygens (including phenoxy) is 2. The standard InChI is InChI=1S/C15H16BrNO2/c1-18-15-6-5-12(10-14(15)16)11-19-9-7-13-4-2-3-8-17-13/h2-6,8,10H,7,9,11H2,1H3. The molecular weight excluding hydrogens is 306 g/mol. The van der Waals surface area contributed by atoms with Crippen molar-refractivity contribution in [1.29, 1.82) is 0 Å². The van der Waals surface area contributed by atoms with Crippen molar-refractivity contribution >= 4 is 15.9 Å². The Morgan fingerprint density at radius 3 is 2.79 bits per heavy atom. The lowest BCUT2D eigenvalue weighted by Crippen LogP contribution is -2.00. The van der Waals surface area contributed by atoms with Gasteiger partial charge in [0.1, 0.15) is 5.75 Å². The zero-order valence-corrected chi connectivity index (χ0v) is 12.4. The molecule has 4 heteroatoms. The Balaban J connectivity index is 1.78. The molecule has 0 bridgehead atoms. The molecule has 0 atom stereocenters. The van der Waals surface area contributed by atoms with E-state index in [9.17, 15) is 0 Å².